The standard InChI is InChI=1S/C14H20BrN3O/c1-8-6-16-7-11-4-10-5-12(15)13(9(2)19-3)17-14(10)18(8)11/h5,8-9,11,16H,4,6-7H2,1-3H3/t8-,9+,11-/m1/s1. The largest absolute Gasteiger partial charge is 0.375 e. The van der Waals surface area contributed by atoms with Crippen molar-refractivity contribution in [2.24, 2.45) is 0 Å². The molecule has 2 aliphatic heterocycles. The molecule has 1 N–H and O–H groups in total. The van der Waals surface area contributed by atoms with Crippen molar-refractivity contribution in [2.45, 2.75) is 38.5 Å². The summed E-state index contributed by atoms with van der Waals surface area (Å²) in [6.07, 6.45) is 1.09. The van der Waals surface area contributed by atoms with Crippen LogP contribution in [0.15, 0.2) is 10.5 Å². The molecule has 19 heavy (non-hydrogen) atoms. The molecule has 0 aliphatic carbocycles. The van der Waals surface area contributed by atoms with Crippen molar-refractivity contribution in [3.63, 3.8) is 0 Å². The lowest BCUT2D eigenvalue weighted by molar-refractivity contribution is 0.115. The summed E-state index contributed by atoms with van der Waals surface area (Å²) < 4.78 is 6.47. The SMILES string of the molecule is CO[C@@H](C)c1nc2c(cc1Br)C[C@@H]1CNC[C@@H](C)N21. The van der Waals surface area contributed by atoms with Gasteiger partial charge >= 0.3 is 0 Å². The van der Waals surface area contributed by atoms with E-state index >= 15 is 0 Å². The molecule has 0 aromatic carbocycles. The number of pyridine rings is 1. The van der Waals surface area contributed by atoms with Gasteiger partial charge in [0, 0.05) is 36.8 Å². The van der Waals surface area contributed by atoms with E-state index < -0.39 is 0 Å². The van der Waals surface area contributed by atoms with E-state index in [-0.39, 0.29) is 6.10 Å². The number of nitrogens with zero attached hydrogens (tertiary/aromatic N) is 2. The molecule has 0 amide bonds. The minimum Gasteiger partial charge on any atom is -0.375 e. The predicted molar refractivity (Wildman–Crippen MR) is 79.7 cm³/mol. The van der Waals surface area contributed by atoms with Crippen LogP contribution in [0.5, 0.6) is 0 Å². The Kier molecular flexibility index (Phi) is 3.53. The van der Waals surface area contributed by atoms with Gasteiger partial charge in [0.25, 0.3) is 0 Å². The van der Waals surface area contributed by atoms with E-state index in [4.69, 9.17) is 9.72 Å². The molecule has 0 radical (unpaired) electrons. The zero-order valence-electron chi connectivity index (χ0n) is 11.6. The van der Waals surface area contributed by atoms with Gasteiger partial charge in [-0.05, 0) is 47.8 Å². The van der Waals surface area contributed by atoms with E-state index in [0.29, 0.717) is 12.1 Å². The lowest BCUT2D eigenvalue weighted by Gasteiger charge is -2.37. The Morgan fingerprint density at radius 3 is 3.05 bits per heavy atom. The van der Waals surface area contributed by atoms with Crippen LogP contribution in [0.3, 0.4) is 0 Å². The summed E-state index contributed by atoms with van der Waals surface area (Å²) in [6, 6.07) is 3.27. The molecule has 0 unspecified atom stereocenters. The van der Waals surface area contributed by atoms with E-state index in [1.807, 2.05) is 6.92 Å². The number of fused-ring (bicyclic) bond motifs is 3. The number of methoxy groups -OCH3 is 1. The van der Waals surface area contributed by atoms with Crippen LogP contribution in [0.25, 0.3) is 0 Å². The van der Waals surface area contributed by atoms with Crippen LogP contribution in [0.1, 0.15) is 31.2 Å². The molecule has 2 aliphatic rings. The first-order chi connectivity index (χ1) is 9.11. The second-order valence-corrected chi connectivity index (χ2v) is 6.34. The molecule has 1 saturated heterocycles. The Labute approximate surface area is 122 Å². The molecule has 3 rings (SSSR count). The Balaban J connectivity index is 2.03. The second kappa shape index (κ2) is 5.04. The fraction of sp³-hybridized carbons (Fsp3) is 0.643. The summed E-state index contributed by atoms with van der Waals surface area (Å²) in [7, 11) is 1.72. The minimum atomic E-state index is 0.0111. The normalized spacial score (nSPS) is 27.1. The van der Waals surface area contributed by atoms with E-state index in [1.54, 1.807) is 7.11 Å². The lowest BCUT2D eigenvalue weighted by atomic mass is 10.1. The summed E-state index contributed by atoms with van der Waals surface area (Å²) in [6.45, 7) is 6.38. The van der Waals surface area contributed by atoms with Crippen molar-refractivity contribution in [2.75, 3.05) is 25.1 Å². The summed E-state index contributed by atoms with van der Waals surface area (Å²) in [4.78, 5) is 7.36. The molecule has 1 aromatic heterocycles. The number of nitrogens with one attached hydrogen (secondary N) is 1. The van der Waals surface area contributed by atoms with Crippen molar-refractivity contribution in [1.82, 2.24) is 10.3 Å². The highest BCUT2D eigenvalue weighted by Gasteiger charge is 2.37. The van der Waals surface area contributed by atoms with Crippen molar-refractivity contribution in [1.29, 1.82) is 0 Å². The molecule has 5 heteroatoms. The van der Waals surface area contributed by atoms with Crippen LogP contribution in [0.4, 0.5) is 5.82 Å². The highest BCUT2D eigenvalue weighted by atomic mass is 79.9. The second-order valence-electron chi connectivity index (χ2n) is 5.49. The summed E-state index contributed by atoms with van der Waals surface area (Å²) in [5, 5.41) is 3.50. The van der Waals surface area contributed by atoms with Gasteiger partial charge in [0.1, 0.15) is 5.82 Å². The Morgan fingerprint density at radius 1 is 1.53 bits per heavy atom. The van der Waals surface area contributed by atoms with Crippen molar-refractivity contribution < 1.29 is 4.74 Å². The number of halogens is 1. The Hall–Kier alpha value is -0.650. The van der Waals surface area contributed by atoms with Gasteiger partial charge in [-0.15, -0.1) is 0 Å². The molecule has 4 nitrogen and oxygen atoms in total. The van der Waals surface area contributed by atoms with Gasteiger partial charge in [0.05, 0.1) is 11.8 Å². The topological polar surface area (TPSA) is 37.4 Å². The highest BCUT2D eigenvalue weighted by molar-refractivity contribution is 9.10. The maximum atomic E-state index is 5.42. The first kappa shape index (κ1) is 13.3. The molecular formula is C14H20BrN3O. The van der Waals surface area contributed by atoms with Crippen LogP contribution in [-0.2, 0) is 11.2 Å². The fourth-order valence-corrected chi connectivity index (χ4v) is 3.81. The van der Waals surface area contributed by atoms with Crippen LogP contribution in [0.2, 0.25) is 0 Å². The molecule has 3 heterocycles. The molecule has 3 atom stereocenters. The average Bonchev–Trinajstić information content (AvgIpc) is 2.75. The van der Waals surface area contributed by atoms with Crippen molar-refractivity contribution >= 4 is 21.7 Å². The van der Waals surface area contributed by atoms with Crippen LogP contribution < -0.4 is 10.2 Å². The zero-order chi connectivity index (χ0) is 13.6. The van der Waals surface area contributed by atoms with Crippen molar-refractivity contribution in [3.8, 4) is 0 Å². The fourth-order valence-electron chi connectivity index (χ4n) is 3.12. The zero-order valence-corrected chi connectivity index (χ0v) is 13.2. The van der Waals surface area contributed by atoms with Gasteiger partial charge < -0.3 is 15.0 Å². The number of ether oxygens (including phenoxy) is 1. The van der Waals surface area contributed by atoms with Gasteiger partial charge in [-0.3, -0.25) is 0 Å². The first-order valence-electron chi connectivity index (χ1n) is 6.83. The molecule has 104 valence electrons. The van der Waals surface area contributed by atoms with Crippen LogP contribution >= 0.6 is 15.9 Å². The van der Waals surface area contributed by atoms with Crippen molar-refractivity contribution in [3.05, 3.63) is 21.8 Å². The predicted octanol–water partition coefficient (Wildman–Crippen LogP) is 2.27. The third kappa shape index (κ3) is 2.18. The third-order valence-corrected chi connectivity index (χ3v) is 4.82. The molecule has 0 saturated carbocycles. The summed E-state index contributed by atoms with van der Waals surface area (Å²) >= 11 is 3.63. The van der Waals surface area contributed by atoms with E-state index in [1.165, 1.54) is 5.56 Å². The quantitative estimate of drug-likeness (QED) is 0.905. The molecule has 1 aromatic rings. The number of piperazine rings is 1. The van der Waals surface area contributed by atoms with Gasteiger partial charge in [-0.2, -0.15) is 0 Å². The van der Waals surface area contributed by atoms with Gasteiger partial charge in [0.2, 0.25) is 0 Å². The van der Waals surface area contributed by atoms with Gasteiger partial charge in [-0.1, -0.05) is 0 Å². The Bertz CT molecular complexity index is 494. The van der Waals surface area contributed by atoms with Crippen LogP contribution in [-0.4, -0.2) is 37.3 Å². The first-order valence-corrected chi connectivity index (χ1v) is 7.62. The summed E-state index contributed by atoms with van der Waals surface area (Å²) in [5.41, 5.74) is 2.34. The molecular weight excluding hydrogens is 306 g/mol. The number of rotatable bonds is 2. The number of anilines is 1. The lowest BCUT2D eigenvalue weighted by Crippen LogP contribution is -2.55. The maximum Gasteiger partial charge on any atom is 0.132 e. The van der Waals surface area contributed by atoms with E-state index in [0.717, 1.165) is 35.5 Å². The van der Waals surface area contributed by atoms with E-state index in [9.17, 15) is 0 Å². The van der Waals surface area contributed by atoms with Gasteiger partial charge in [-0.25, -0.2) is 4.98 Å². The number of hydrogen-bond donors (Lipinski definition) is 1. The average molecular weight is 326 g/mol. The minimum absolute atomic E-state index is 0.0111. The number of hydrogen-bond acceptors (Lipinski definition) is 4. The van der Waals surface area contributed by atoms with Crippen LogP contribution in [0, 0.1) is 0 Å². The molecule has 1 fully saturated rings. The smallest absolute Gasteiger partial charge is 0.132 e. The monoisotopic (exact) mass is 325 g/mol. The maximum absolute atomic E-state index is 5.42. The molecule has 0 bridgehead atoms. The number of aromatic nitrogens is 1. The van der Waals surface area contributed by atoms with E-state index in [2.05, 4.69) is 39.1 Å². The van der Waals surface area contributed by atoms with Gasteiger partial charge in [0.15, 0.2) is 0 Å². The summed E-state index contributed by atoms with van der Waals surface area (Å²) in [5.74, 6) is 1.15. The molecule has 0 spiro atoms. The highest BCUT2D eigenvalue weighted by Crippen LogP contribution is 2.37. The Morgan fingerprint density at radius 2 is 2.32 bits per heavy atom. The third-order valence-electron chi connectivity index (χ3n) is 4.19.